The Balaban J connectivity index is 1.78. The van der Waals surface area contributed by atoms with Gasteiger partial charge in [-0.25, -0.2) is 0 Å². The van der Waals surface area contributed by atoms with Gasteiger partial charge in [-0.15, -0.1) is 0 Å². The van der Waals surface area contributed by atoms with Gasteiger partial charge in [-0.3, -0.25) is 0 Å². The van der Waals surface area contributed by atoms with Gasteiger partial charge in [0.15, 0.2) is 0 Å². The Bertz CT molecular complexity index is 888. The van der Waals surface area contributed by atoms with Gasteiger partial charge in [0.05, 0.1) is 11.1 Å². The summed E-state index contributed by atoms with van der Waals surface area (Å²) in [6.45, 7) is 0. The van der Waals surface area contributed by atoms with Crippen LogP contribution in [0.25, 0.3) is 0 Å². The molecular weight excluding hydrogens is 386 g/mol. The first-order valence-electron chi connectivity index (χ1n) is 7.83. The molecule has 0 aromatic heterocycles. The van der Waals surface area contributed by atoms with Crippen molar-refractivity contribution in [2.45, 2.75) is 12.4 Å². The van der Waals surface area contributed by atoms with Crippen molar-refractivity contribution in [2.24, 2.45) is 0 Å². The average Bonchev–Trinajstić information content (AvgIpc) is 2.61. The topological polar surface area (TPSA) is 18.5 Å². The standard InChI is InChI=1S/C20H11F6O2/c21-19(22,23)13-4-1-6-15(10-13)27-17-8-3-9-18(12-17)28-16-7-2-5-14(11-16)20(24,25)26/h1-2,4-12H. The fraction of sp³-hybridized carbons (Fsp3) is 0.100. The minimum atomic E-state index is -4.51. The zero-order valence-corrected chi connectivity index (χ0v) is 13.9. The first-order valence-corrected chi connectivity index (χ1v) is 7.83. The Kier molecular flexibility index (Phi) is 5.22. The highest BCUT2D eigenvalue weighted by Crippen LogP contribution is 2.35. The average molecular weight is 397 g/mol. The number of ether oxygens (including phenoxy) is 2. The van der Waals surface area contributed by atoms with Crippen molar-refractivity contribution in [3.8, 4) is 23.0 Å². The molecule has 0 fully saturated rings. The summed E-state index contributed by atoms with van der Waals surface area (Å²) in [6.07, 6.45) is -9.03. The molecule has 0 aliphatic carbocycles. The summed E-state index contributed by atoms with van der Waals surface area (Å²) >= 11 is 0. The van der Waals surface area contributed by atoms with Crippen LogP contribution >= 0.6 is 0 Å². The van der Waals surface area contributed by atoms with E-state index >= 15 is 0 Å². The van der Waals surface area contributed by atoms with Crippen molar-refractivity contribution in [3.05, 3.63) is 83.9 Å². The van der Waals surface area contributed by atoms with E-state index in [1.165, 1.54) is 42.5 Å². The second-order valence-corrected chi connectivity index (χ2v) is 5.66. The van der Waals surface area contributed by atoms with E-state index in [2.05, 4.69) is 6.07 Å². The van der Waals surface area contributed by atoms with Crippen LogP contribution in [0.15, 0.2) is 66.7 Å². The fourth-order valence-electron chi connectivity index (χ4n) is 2.29. The first-order chi connectivity index (χ1) is 13.1. The molecule has 3 rings (SSSR count). The molecule has 0 N–H and O–H groups in total. The first kappa shape index (κ1) is 19.6. The van der Waals surface area contributed by atoms with Crippen molar-refractivity contribution in [1.29, 1.82) is 0 Å². The van der Waals surface area contributed by atoms with Crippen LogP contribution in [-0.4, -0.2) is 0 Å². The normalized spacial score (nSPS) is 11.9. The second-order valence-electron chi connectivity index (χ2n) is 5.66. The number of benzene rings is 3. The van der Waals surface area contributed by atoms with E-state index in [-0.39, 0.29) is 23.0 Å². The molecule has 0 atom stereocenters. The molecule has 0 amide bonds. The van der Waals surface area contributed by atoms with Crippen LogP contribution in [0.2, 0.25) is 0 Å². The van der Waals surface area contributed by atoms with Gasteiger partial charge in [0.25, 0.3) is 0 Å². The Morgan fingerprint density at radius 3 is 1.39 bits per heavy atom. The van der Waals surface area contributed by atoms with Crippen molar-refractivity contribution < 1.29 is 35.8 Å². The van der Waals surface area contributed by atoms with Crippen LogP contribution < -0.4 is 9.47 Å². The SMILES string of the molecule is FC(F)(F)c1cccc(Oc2c[c]cc(Oc3cccc(C(F)(F)F)c3)c2)c1. The molecule has 0 aliphatic heterocycles. The summed E-state index contributed by atoms with van der Waals surface area (Å²) in [5.41, 5.74) is -1.74. The molecule has 0 bridgehead atoms. The Labute approximate surface area is 155 Å². The third kappa shape index (κ3) is 4.97. The van der Waals surface area contributed by atoms with Crippen molar-refractivity contribution in [3.63, 3.8) is 0 Å². The monoisotopic (exact) mass is 397 g/mol. The number of rotatable bonds is 4. The maximum atomic E-state index is 12.8. The molecule has 3 aromatic carbocycles. The number of hydrogen-bond donors (Lipinski definition) is 0. The lowest BCUT2D eigenvalue weighted by Crippen LogP contribution is -2.04. The maximum Gasteiger partial charge on any atom is 0.416 e. The fourth-order valence-corrected chi connectivity index (χ4v) is 2.29. The molecule has 0 unspecified atom stereocenters. The largest absolute Gasteiger partial charge is 0.457 e. The van der Waals surface area contributed by atoms with Crippen LogP contribution in [0.4, 0.5) is 26.3 Å². The molecule has 3 aromatic rings. The van der Waals surface area contributed by atoms with E-state index in [4.69, 9.17) is 9.47 Å². The highest BCUT2D eigenvalue weighted by Gasteiger charge is 2.31. The van der Waals surface area contributed by atoms with Crippen molar-refractivity contribution in [2.75, 3.05) is 0 Å². The van der Waals surface area contributed by atoms with E-state index in [0.717, 1.165) is 24.3 Å². The Morgan fingerprint density at radius 1 is 0.571 bits per heavy atom. The lowest BCUT2D eigenvalue weighted by Gasteiger charge is -2.12. The molecular formula is C20H11F6O2. The summed E-state index contributed by atoms with van der Waals surface area (Å²) in [4.78, 5) is 0. The summed E-state index contributed by atoms with van der Waals surface area (Å²) in [7, 11) is 0. The van der Waals surface area contributed by atoms with Crippen molar-refractivity contribution >= 4 is 0 Å². The molecule has 145 valence electrons. The van der Waals surface area contributed by atoms with Gasteiger partial charge in [-0.05, 0) is 54.6 Å². The van der Waals surface area contributed by atoms with E-state index in [9.17, 15) is 26.3 Å². The van der Waals surface area contributed by atoms with E-state index in [0.29, 0.717) is 0 Å². The van der Waals surface area contributed by atoms with Gasteiger partial charge in [0.2, 0.25) is 0 Å². The van der Waals surface area contributed by atoms with Gasteiger partial charge < -0.3 is 9.47 Å². The zero-order valence-electron chi connectivity index (χ0n) is 13.9. The van der Waals surface area contributed by atoms with E-state index in [1.807, 2.05) is 0 Å². The molecule has 28 heavy (non-hydrogen) atoms. The predicted octanol–water partition coefficient (Wildman–Crippen LogP) is 7.11. The van der Waals surface area contributed by atoms with Crippen LogP contribution in [0.3, 0.4) is 0 Å². The van der Waals surface area contributed by atoms with E-state index < -0.39 is 23.5 Å². The summed E-state index contributed by atoms with van der Waals surface area (Å²) in [5, 5.41) is 0. The lowest BCUT2D eigenvalue weighted by molar-refractivity contribution is -0.138. The molecule has 2 nitrogen and oxygen atoms in total. The van der Waals surface area contributed by atoms with Gasteiger partial charge in [-0.2, -0.15) is 26.3 Å². The molecule has 0 saturated carbocycles. The lowest BCUT2D eigenvalue weighted by atomic mass is 10.2. The smallest absolute Gasteiger partial charge is 0.416 e. The van der Waals surface area contributed by atoms with Gasteiger partial charge in [-0.1, -0.05) is 12.1 Å². The Morgan fingerprint density at radius 2 is 1.00 bits per heavy atom. The number of hydrogen-bond acceptors (Lipinski definition) is 2. The summed E-state index contributed by atoms with van der Waals surface area (Å²) in [6, 6.07) is 15.3. The maximum absolute atomic E-state index is 12.8. The Hall–Kier alpha value is -3.16. The number of halogens is 6. The van der Waals surface area contributed by atoms with Gasteiger partial charge in [0.1, 0.15) is 23.0 Å². The van der Waals surface area contributed by atoms with Crippen LogP contribution in [0, 0.1) is 6.07 Å². The quantitative estimate of drug-likeness (QED) is 0.437. The third-order valence-electron chi connectivity index (χ3n) is 3.53. The number of alkyl halides is 6. The molecule has 0 heterocycles. The summed E-state index contributed by atoms with van der Waals surface area (Å²) in [5.74, 6) is 0.117. The van der Waals surface area contributed by atoms with Crippen LogP contribution in [0.1, 0.15) is 11.1 Å². The summed E-state index contributed by atoms with van der Waals surface area (Å²) < 4.78 is 87.4. The highest BCUT2D eigenvalue weighted by molar-refractivity contribution is 5.41. The molecule has 1 radical (unpaired) electrons. The molecule has 0 aliphatic rings. The van der Waals surface area contributed by atoms with Crippen LogP contribution in [0.5, 0.6) is 23.0 Å². The highest BCUT2D eigenvalue weighted by atomic mass is 19.4. The van der Waals surface area contributed by atoms with Gasteiger partial charge in [0, 0.05) is 6.07 Å². The minimum absolute atomic E-state index is 0.0561. The predicted molar refractivity (Wildman–Crippen MR) is 88.3 cm³/mol. The third-order valence-corrected chi connectivity index (χ3v) is 3.53. The minimum Gasteiger partial charge on any atom is -0.457 e. The van der Waals surface area contributed by atoms with Crippen molar-refractivity contribution in [1.82, 2.24) is 0 Å². The molecule has 8 heteroatoms. The molecule has 0 saturated heterocycles. The molecule has 0 spiro atoms. The zero-order chi connectivity index (χ0) is 20.4. The second kappa shape index (κ2) is 7.46. The van der Waals surface area contributed by atoms with E-state index in [1.54, 1.807) is 0 Å². The van der Waals surface area contributed by atoms with Gasteiger partial charge >= 0.3 is 12.4 Å². The van der Waals surface area contributed by atoms with Crippen LogP contribution in [-0.2, 0) is 12.4 Å².